The molecule has 0 saturated heterocycles. The van der Waals surface area contributed by atoms with Gasteiger partial charge in [-0.15, -0.1) is 11.8 Å². The molecule has 0 aliphatic rings. The molecule has 0 heterocycles. The lowest BCUT2D eigenvalue weighted by Gasteiger charge is -2.14. The number of hydrogen-bond donors (Lipinski definition) is 4. The summed E-state index contributed by atoms with van der Waals surface area (Å²) in [7, 11) is -1.31. The van der Waals surface area contributed by atoms with Crippen molar-refractivity contribution in [3.05, 3.63) is 12.1 Å². The lowest BCUT2D eigenvalue weighted by Crippen LogP contribution is -2.34. The number of nitrogens with two attached hydrogens (primary N) is 1. The molecule has 0 bridgehead atoms. The number of carbonyl (C=O) groups excluding carboxylic acids is 1. The molecule has 0 aliphatic heterocycles. The number of aromatic hydroxyl groups is 1. The van der Waals surface area contributed by atoms with Crippen molar-refractivity contribution in [2.24, 2.45) is 5.73 Å². The summed E-state index contributed by atoms with van der Waals surface area (Å²) >= 11 is 1.34. The van der Waals surface area contributed by atoms with Gasteiger partial charge in [0.25, 0.3) is 0 Å². The molecule has 8 heteroatoms. The maximum atomic E-state index is 11.5. The van der Waals surface area contributed by atoms with Crippen LogP contribution in [0, 0.1) is 0 Å². The van der Waals surface area contributed by atoms with Crippen molar-refractivity contribution in [1.29, 1.82) is 0 Å². The molecule has 2 amide bonds. The normalized spacial score (nSPS) is 11.9. The number of nitrogens with one attached hydrogen (secondary N) is 2. The Morgan fingerprint density at radius 3 is 2.65 bits per heavy atom. The largest absolute Gasteiger partial charge is 0.508 e. The fourth-order valence-electron chi connectivity index (χ4n) is 1.21. The van der Waals surface area contributed by atoms with Crippen molar-refractivity contribution in [3.63, 3.8) is 0 Å². The summed E-state index contributed by atoms with van der Waals surface area (Å²) in [5.74, 6) is 0.0178. The molecule has 0 saturated carbocycles. The number of rotatable bonds is 4. The minimum Gasteiger partial charge on any atom is -0.508 e. The van der Waals surface area contributed by atoms with Crippen LogP contribution in [-0.4, -0.2) is 27.9 Å². The Kier molecular flexibility index (Phi) is 4.64. The average Bonchev–Trinajstić information content (AvgIpc) is 2.25. The lowest BCUT2D eigenvalue weighted by atomic mass is 10.3. The van der Waals surface area contributed by atoms with Gasteiger partial charge in [-0.25, -0.2) is 4.79 Å². The van der Waals surface area contributed by atoms with Crippen LogP contribution < -0.4 is 16.6 Å². The quantitative estimate of drug-likeness (QED) is 0.370. The molecule has 6 nitrogen and oxygen atoms in total. The zero-order valence-electron chi connectivity index (χ0n) is 9.31. The van der Waals surface area contributed by atoms with Gasteiger partial charge in [0.15, 0.2) is 0 Å². The van der Waals surface area contributed by atoms with Crippen LogP contribution in [0.1, 0.15) is 0 Å². The van der Waals surface area contributed by atoms with Crippen molar-refractivity contribution in [1.82, 2.24) is 5.43 Å². The highest BCUT2D eigenvalue weighted by atomic mass is 32.2. The standard InChI is InChI=1S/C9H13N3O3S2/c1-16-6-3-5(13)4-7(17(2)15)8(6)11-12-9(10)14/h3-4,11,13H,1-2H3,(H3,10,12,14). The van der Waals surface area contributed by atoms with Crippen LogP contribution in [0.2, 0.25) is 0 Å². The number of carbonyl (C=O) groups is 1. The maximum absolute atomic E-state index is 11.5. The summed E-state index contributed by atoms with van der Waals surface area (Å²) in [6.07, 6.45) is 3.28. The molecule has 94 valence electrons. The van der Waals surface area contributed by atoms with Crippen molar-refractivity contribution in [3.8, 4) is 5.75 Å². The predicted octanol–water partition coefficient (Wildman–Crippen LogP) is 0.847. The summed E-state index contributed by atoms with van der Waals surface area (Å²) in [5.41, 5.74) is 10.2. The van der Waals surface area contributed by atoms with Gasteiger partial charge in [-0.1, -0.05) is 0 Å². The van der Waals surface area contributed by atoms with Crippen LogP contribution in [0.25, 0.3) is 0 Å². The SMILES string of the molecule is CSc1cc(O)cc(S(C)=O)c1NNC(N)=O. The van der Waals surface area contributed by atoms with Gasteiger partial charge in [0, 0.05) is 11.2 Å². The van der Waals surface area contributed by atoms with Gasteiger partial charge in [0.2, 0.25) is 0 Å². The number of thioether (sulfide) groups is 1. The zero-order valence-corrected chi connectivity index (χ0v) is 10.9. The van der Waals surface area contributed by atoms with Gasteiger partial charge in [-0.2, -0.15) is 0 Å². The number of hydrogen-bond acceptors (Lipinski definition) is 5. The van der Waals surface area contributed by atoms with E-state index in [4.69, 9.17) is 5.73 Å². The van der Waals surface area contributed by atoms with E-state index in [0.29, 0.717) is 15.5 Å². The van der Waals surface area contributed by atoms with E-state index >= 15 is 0 Å². The molecule has 0 fully saturated rings. The lowest BCUT2D eigenvalue weighted by molar-refractivity contribution is 0.250. The van der Waals surface area contributed by atoms with Crippen LogP contribution in [0.15, 0.2) is 21.9 Å². The highest BCUT2D eigenvalue weighted by Crippen LogP contribution is 2.34. The summed E-state index contributed by atoms with van der Waals surface area (Å²) in [6.45, 7) is 0. The first kappa shape index (κ1) is 13.7. The third kappa shape index (κ3) is 3.53. The van der Waals surface area contributed by atoms with Gasteiger partial charge in [-0.3, -0.25) is 15.1 Å². The second-order valence-corrected chi connectivity index (χ2v) is 5.29. The molecule has 5 N–H and O–H groups in total. The zero-order chi connectivity index (χ0) is 13.0. The van der Waals surface area contributed by atoms with E-state index in [1.165, 1.54) is 30.2 Å². The predicted molar refractivity (Wildman–Crippen MR) is 68.6 cm³/mol. The molecule has 0 radical (unpaired) electrons. The number of amides is 2. The Morgan fingerprint density at radius 1 is 1.53 bits per heavy atom. The molecule has 1 aromatic carbocycles. The number of urea groups is 1. The van der Waals surface area contributed by atoms with Gasteiger partial charge in [-0.05, 0) is 18.4 Å². The summed E-state index contributed by atoms with van der Waals surface area (Å²) in [6, 6.07) is 2.13. The van der Waals surface area contributed by atoms with E-state index in [1.54, 1.807) is 6.26 Å². The highest BCUT2D eigenvalue weighted by Gasteiger charge is 2.13. The second kappa shape index (κ2) is 5.78. The number of primary amides is 1. The Bertz CT molecular complexity index is 465. The molecular weight excluding hydrogens is 262 g/mol. The first-order valence-corrected chi connectivity index (χ1v) is 7.30. The van der Waals surface area contributed by atoms with Crippen LogP contribution >= 0.6 is 11.8 Å². The summed E-state index contributed by atoms with van der Waals surface area (Å²) < 4.78 is 11.5. The third-order valence-electron chi connectivity index (χ3n) is 1.89. The van der Waals surface area contributed by atoms with Crippen LogP contribution in [0.3, 0.4) is 0 Å². The molecule has 1 atom stereocenters. The minimum atomic E-state index is -1.31. The first-order chi connectivity index (χ1) is 7.95. The van der Waals surface area contributed by atoms with Gasteiger partial charge < -0.3 is 10.8 Å². The fourth-order valence-corrected chi connectivity index (χ4v) is 2.61. The van der Waals surface area contributed by atoms with Gasteiger partial charge >= 0.3 is 6.03 Å². The second-order valence-electron chi connectivity index (χ2n) is 3.09. The fraction of sp³-hybridized carbons (Fsp3) is 0.222. The average molecular weight is 275 g/mol. The summed E-state index contributed by atoms with van der Waals surface area (Å²) in [4.78, 5) is 11.7. The van der Waals surface area contributed by atoms with E-state index in [1.807, 2.05) is 0 Å². The van der Waals surface area contributed by atoms with E-state index in [-0.39, 0.29) is 5.75 Å². The number of hydrazine groups is 1. The minimum absolute atomic E-state index is 0.0178. The Labute approximate surface area is 105 Å². The summed E-state index contributed by atoms with van der Waals surface area (Å²) in [5, 5.41) is 9.49. The Morgan fingerprint density at radius 2 is 2.18 bits per heavy atom. The van der Waals surface area contributed by atoms with Gasteiger partial charge in [0.1, 0.15) is 5.75 Å². The van der Waals surface area contributed by atoms with E-state index in [2.05, 4.69) is 10.9 Å². The van der Waals surface area contributed by atoms with Crippen molar-refractivity contribution in [2.75, 3.05) is 17.9 Å². The molecule has 1 aromatic rings. The molecule has 1 unspecified atom stereocenters. The number of anilines is 1. The maximum Gasteiger partial charge on any atom is 0.330 e. The van der Waals surface area contributed by atoms with Crippen molar-refractivity contribution in [2.45, 2.75) is 9.79 Å². The Balaban J connectivity index is 3.21. The number of benzene rings is 1. The molecule has 0 aromatic heterocycles. The third-order valence-corrected chi connectivity index (χ3v) is 3.59. The van der Waals surface area contributed by atoms with Crippen LogP contribution in [0.5, 0.6) is 5.75 Å². The van der Waals surface area contributed by atoms with Crippen molar-refractivity contribution < 1.29 is 14.1 Å². The monoisotopic (exact) mass is 275 g/mol. The first-order valence-electron chi connectivity index (χ1n) is 4.51. The van der Waals surface area contributed by atoms with Gasteiger partial charge in [0.05, 0.1) is 21.4 Å². The van der Waals surface area contributed by atoms with E-state index in [0.717, 1.165) is 0 Å². The molecule has 1 rings (SSSR count). The van der Waals surface area contributed by atoms with Crippen molar-refractivity contribution >= 4 is 34.3 Å². The molecule has 0 aliphatic carbocycles. The molecular formula is C9H13N3O3S2. The van der Waals surface area contributed by atoms with E-state index in [9.17, 15) is 14.1 Å². The number of phenols is 1. The number of phenolic OH excluding ortho intramolecular Hbond substituents is 1. The topological polar surface area (TPSA) is 104 Å². The smallest absolute Gasteiger partial charge is 0.330 e. The highest BCUT2D eigenvalue weighted by molar-refractivity contribution is 7.98. The van der Waals surface area contributed by atoms with Crippen LogP contribution in [0.4, 0.5) is 10.5 Å². The molecule has 17 heavy (non-hydrogen) atoms. The van der Waals surface area contributed by atoms with E-state index < -0.39 is 16.8 Å². The van der Waals surface area contributed by atoms with Crippen LogP contribution in [-0.2, 0) is 10.8 Å². The molecule has 0 spiro atoms. The Hall–Kier alpha value is -1.41.